The summed E-state index contributed by atoms with van der Waals surface area (Å²) in [6, 6.07) is 27.0. The Kier molecular flexibility index (Phi) is 58.6. The first-order valence-electron chi connectivity index (χ1n) is 54.0. The molecule has 11 aliphatic heterocycles. The van der Waals surface area contributed by atoms with E-state index in [1.54, 1.807) is 6.92 Å². The summed E-state index contributed by atoms with van der Waals surface area (Å²) in [5.41, 5.74) is 5.48. The van der Waals surface area contributed by atoms with Crippen LogP contribution in [-0.4, -0.2) is 301 Å². The minimum atomic E-state index is -2.40. The molecular formula is C113H219F3N12. The number of alkyl halides is 3. The number of piperazine rings is 1. The summed E-state index contributed by atoms with van der Waals surface area (Å²) < 4.78 is 38.0. The van der Waals surface area contributed by atoms with Crippen LogP contribution in [0.3, 0.4) is 0 Å². The smallest absolute Gasteiger partial charge is 0.250 e. The number of rotatable bonds is 13. The molecule has 2 aromatic rings. The molecule has 13 aliphatic rings. The normalized spacial score (nSPS) is 23.2. The van der Waals surface area contributed by atoms with Crippen LogP contribution in [0.4, 0.5) is 13.2 Å². The summed E-state index contributed by atoms with van der Waals surface area (Å²) >= 11 is 0. The van der Waals surface area contributed by atoms with E-state index < -0.39 is 11.6 Å². The monoisotopic (exact) mass is 1800 g/mol. The minimum Gasteiger partial charge on any atom is -0.304 e. The molecule has 2 aromatic carbocycles. The van der Waals surface area contributed by atoms with Crippen molar-refractivity contribution in [1.29, 1.82) is 0 Å². The zero-order valence-corrected chi connectivity index (χ0v) is 91.3. The predicted molar refractivity (Wildman–Crippen MR) is 559 cm³/mol. The number of halogens is 3. The van der Waals surface area contributed by atoms with E-state index in [0.29, 0.717) is 55.5 Å². The lowest BCUT2D eigenvalue weighted by molar-refractivity contribution is -0.0758. The van der Waals surface area contributed by atoms with E-state index in [-0.39, 0.29) is 12.8 Å². The van der Waals surface area contributed by atoms with E-state index in [1.807, 2.05) is 19.9 Å². The third kappa shape index (κ3) is 50.2. The summed E-state index contributed by atoms with van der Waals surface area (Å²) in [6.07, 6.45) is 31.8. The molecule has 752 valence electrons. The first-order chi connectivity index (χ1) is 60.0. The average Bonchev–Trinajstić information content (AvgIpc) is 0.857. The number of piperidine rings is 6. The van der Waals surface area contributed by atoms with Gasteiger partial charge in [0.05, 0.1) is 0 Å². The highest BCUT2D eigenvalue weighted by Crippen LogP contribution is 2.49. The number of aryl methyl sites for hydroxylation is 1. The average molecular weight is 1800 g/mol. The molecule has 0 bridgehead atoms. The van der Waals surface area contributed by atoms with Crippen molar-refractivity contribution in [3.05, 3.63) is 71.3 Å². The Morgan fingerprint density at radius 1 is 0.258 bits per heavy atom. The van der Waals surface area contributed by atoms with Crippen molar-refractivity contribution in [2.45, 2.75) is 466 Å². The highest BCUT2D eigenvalue weighted by Gasteiger charge is 2.48. The summed E-state index contributed by atoms with van der Waals surface area (Å²) in [5.74, 6) is 0.850. The van der Waals surface area contributed by atoms with E-state index in [9.17, 15) is 13.2 Å². The van der Waals surface area contributed by atoms with Crippen molar-refractivity contribution < 1.29 is 13.2 Å². The van der Waals surface area contributed by atoms with Gasteiger partial charge in [-0.25, -0.2) is 13.2 Å². The number of likely N-dealkylation sites (tertiary alicyclic amines) is 10. The summed E-state index contributed by atoms with van der Waals surface area (Å²) in [5, 5.41) is 0. The van der Waals surface area contributed by atoms with E-state index in [0.717, 1.165) is 77.0 Å². The van der Waals surface area contributed by atoms with Gasteiger partial charge in [-0.15, -0.1) is 0 Å². The maximum Gasteiger partial charge on any atom is 0.250 e. The maximum atomic E-state index is 12.8. The molecule has 13 fully saturated rings. The molecule has 0 unspecified atom stereocenters. The highest BCUT2D eigenvalue weighted by atomic mass is 19.3. The van der Waals surface area contributed by atoms with Gasteiger partial charge in [0.25, 0.3) is 5.92 Å². The molecule has 15 heteroatoms. The van der Waals surface area contributed by atoms with Gasteiger partial charge < -0.3 is 39.2 Å². The number of nitrogens with zero attached hydrogens (tertiary/aromatic N) is 12. The van der Waals surface area contributed by atoms with E-state index in [1.165, 1.54) is 289 Å². The largest absolute Gasteiger partial charge is 0.304 e. The van der Waals surface area contributed by atoms with Gasteiger partial charge in [0.2, 0.25) is 0 Å². The van der Waals surface area contributed by atoms with Gasteiger partial charge in [0.15, 0.2) is 0 Å². The molecular weight excluding hydrogens is 1580 g/mol. The second kappa shape index (κ2) is 62.6. The topological polar surface area (TPSA) is 38.9 Å². The lowest BCUT2D eigenvalue weighted by Crippen LogP contribution is -2.61. The van der Waals surface area contributed by atoms with E-state index in [4.69, 9.17) is 0 Å². The third-order valence-corrected chi connectivity index (χ3v) is 30.6. The lowest BCUT2D eigenvalue weighted by Gasteiger charge is -2.57. The summed E-state index contributed by atoms with van der Waals surface area (Å²) in [7, 11) is 2.19. The molecule has 11 saturated heterocycles. The molecule has 0 N–H and O–H groups in total. The van der Waals surface area contributed by atoms with Crippen LogP contribution in [0, 0.1) is 35.0 Å². The van der Waals surface area contributed by atoms with Crippen LogP contribution < -0.4 is 0 Å². The van der Waals surface area contributed by atoms with Crippen LogP contribution in [0.25, 0.3) is 0 Å². The molecule has 0 radical (unpaired) electrons. The Balaban J connectivity index is 0.000000358. The molecule has 2 aliphatic carbocycles. The summed E-state index contributed by atoms with van der Waals surface area (Å²) in [6.45, 7) is 100. The van der Waals surface area contributed by atoms with Gasteiger partial charge in [0.1, 0.15) is 5.67 Å². The van der Waals surface area contributed by atoms with Crippen molar-refractivity contribution in [3.63, 3.8) is 0 Å². The Morgan fingerprint density at radius 2 is 0.508 bits per heavy atom. The molecule has 2 saturated carbocycles. The first kappa shape index (κ1) is 120. The SMILES string of the molecule is CC(C)N1CC(C)(F)C1.CC(C)N1CC2(CCC2)C1.CC(C)N1CC2(CCCCC2)C1.CC(C)N1CCC(C)(C)CC1.CC(C)N1CCC(F)(F)CC1.CC(C)N1CCCC1.CC(C)N1CCCCC1.CC(C)N1CCCCC1.CC(C)N1CCN(C)CC1.CC(C)c1ccccc1.CC1CCN(C(C)C)CC1.CC1CCN(C(C)C)CC1.Cc1ccc(C(C)C)cc1. The fraction of sp³-hybridized carbons (Fsp3) is 0.894. The Hall–Kier alpha value is -2.25. The quantitative estimate of drug-likeness (QED) is 0.192. The van der Waals surface area contributed by atoms with Gasteiger partial charge in [-0.1, -0.05) is 154 Å². The highest BCUT2D eigenvalue weighted by molar-refractivity contribution is 5.23. The van der Waals surface area contributed by atoms with Crippen LogP contribution in [0.15, 0.2) is 54.6 Å². The minimum absolute atomic E-state index is 0.0329. The van der Waals surface area contributed by atoms with Gasteiger partial charge >= 0.3 is 0 Å². The second-order valence-corrected chi connectivity index (χ2v) is 47.0. The summed E-state index contributed by atoms with van der Waals surface area (Å²) in [4.78, 5) is 29.7. The molecule has 0 amide bonds. The zero-order chi connectivity index (χ0) is 96.1. The van der Waals surface area contributed by atoms with Crippen LogP contribution >= 0.6 is 0 Å². The van der Waals surface area contributed by atoms with Crippen LogP contribution in [0.2, 0.25) is 0 Å². The van der Waals surface area contributed by atoms with Gasteiger partial charge in [-0.05, 0) is 406 Å². The number of likely N-dealkylation sites (N-methyl/N-ethyl adjacent to an activating group) is 1. The van der Waals surface area contributed by atoms with Crippen LogP contribution in [0.5, 0.6) is 0 Å². The first-order valence-corrected chi connectivity index (χ1v) is 54.0. The van der Waals surface area contributed by atoms with Crippen molar-refractivity contribution in [3.8, 4) is 0 Å². The molecule has 128 heavy (non-hydrogen) atoms. The number of benzene rings is 2. The predicted octanol–water partition coefficient (Wildman–Crippen LogP) is 26.7. The fourth-order valence-corrected chi connectivity index (χ4v) is 19.5. The standard InChI is InChI=1S/C11H21N.C10H21N.C10H14.C9H17N.2C9H19N.C9H12.C8H15F2N.C8H18N2.2C8H17N.C7H14FN.C7H15N/c1-10(2)12-8-11(9-12)6-4-3-5-7-11;1-9(2)11-7-5-10(3,4)6-8-11;1-8(2)10-6-4-9(3)5-7-10;1-8(2)10-6-9(7-10)4-3-5-9;2*1-8(2)10-6-4-9(3)5-7-10;1-8(2)9-6-4-3-5-7-9;1-7(2)11-5-3-8(9,10)4-6-11;1-8(2)10-6-4-9(3)5-7-10;2*1-8(2)9-6-4-3-5-7-9;1-6(2)9-4-7(3,8)5-9;1-7(2)8-5-3-4-6-8/h10H,3-9H2,1-2H3;9H,5-8H2,1-4H3;4-8H,1-3H3;8H,3-7H2,1-2H3;2*8-9H,4-7H2,1-3H3;3-8H,1-2H3;7H,3-6H2,1-2H3;8H,4-7H2,1-3H3;2*8H,3-7H2,1-2H3;6H,4-5H2,1-3H3;7H,3-6H2,1-2H3. The Labute approximate surface area is 796 Å². The van der Waals surface area contributed by atoms with Crippen molar-refractivity contribution in [2.75, 3.05) is 164 Å². The van der Waals surface area contributed by atoms with Crippen LogP contribution in [0.1, 0.15) is 397 Å². The third-order valence-electron chi connectivity index (χ3n) is 30.6. The Bertz CT molecular complexity index is 2810. The van der Waals surface area contributed by atoms with Gasteiger partial charge in [-0.2, -0.15) is 0 Å². The number of hydrogen-bond acceptors (Lipinski definition) is 12. The van der Waals surface area contributed by atoms with Gasteiger partial charge in [-0.3, -0.25) is 19.6 Å². The fourth-order valence-electron chi connectivity index (χ4n) is 19.5. The zero-order valence-electron chi connectivity index (χ0n) is 91.3. The number of hydrogen-bond donors (Lipinski definition) is 0. The van der Waals surface area contributed by atoms with Crippen molar-refractivity contribution in [2.24, 2.45) is 28.1 Å². The van der Waals surface area contributed by atoms with E-state index >= 15 is 0 Å². The lowest BCUT2D eigenvalue weighted by atomic mass is 9.63. The van der Waals surface area contributed by atoms with Crippen LogP contribution in [-0.2, 0) is 0 Å². The van der Waals surface area contributed by atoms with Crippen molar-refractivity contribution >= 4 is 0 Å². The second-order valence-electron chi connectivity index (χ2n) is 47.0. The Morgan fingerprint density at radius 3 is 0.766 bits per heavy atom. The van der Waals surface area contributed by atoms with E-state index in [2.05, 4.69) is 315 Å². The van der Waals surface area contributed by atoms with Gasteiger partial charge in [0, 0.05) is 158 Å². The van der Waals surface area contributed by atoms with Crippen molar-refractivity contribution in [1.82, 2.24) is 58.8 Å². The molecule has 0 aromatic heterocycles. The molecule has 0 atom stereocenters. The molecule has 12 nitrogen and oxygen atoms in total. The molecule has 11 heterocycles. The molecule has 2 spiro atoms. The molecule has 15 rings (SSSR count). The maximum absolute atomic E-state index is 12.8.